The van der Waals surface area contributed by atoms with Crippen LogP contribution in [0.2, 0.25) is 0 Å². The third-order valence-electron chi connectivity index (χ3n) is 3.36. The largest absolute Gasteiger partial charge is 0.326 e. The third-order valence-corrected chi connectivity index (χ3v) is 3.36. The van der Waals surface area contributed by atoms with Gasteiger partial charge in [-0.25, -0.2) is 4.98 Å². The zero-order valence-corrected chi connectivity index (χ0v) is 12.2. The number of rotatable bonds is 3. The van der Waals surface area contributed by atoms with E-state index in [9.17, 15) is 9.70 Å². The molecule has 3 rings (SSSR count). The number of fused-ring (bicyclic) bond motifs is 1. The summed E-state index contributed by atoms with van der Waals surface area (Å²) in [5.74, 6) is 0.102. The Morgan fingerprint density at radius 3 is 2.73 bits per heavy atom. The number of hydrogen-bond acceptors (Lipinski definition) is 4. The fourth-order valence-electron chi connectivity index (χ4n) is 2.46. The number of anilines is 1. The molecule has 110 valence electrons. The highest BCUT2D eigenvalue weighted by Gasteiger charge is 2.16. The molecular formula is C16H14N4O2. The molecule has 6 heteroatoms. The number of pyridine rings is 1. The molecule has 0 saturated carbocycles. The second-order valence-corrected chi connectivity index (χ2v) is 5.00. The van der Waals surface area contributed by atoms with Crippen LogP contribution in [0, 0.1) is 11.8 Å². The van der Waals surface area contributed by atoms with Crippen molar-refractivity contribution in [1.82, 2.24) is 9.38 Å². The van der Waals surface area contributed by atoms with Gasteiger partial charge < -0.3 is 5.32 Å². The van der Waals surface area contributed by atoms with Crippen molar-refractivity contribution >= 4 is 23.1 Å². The molecule has 0 saturated heterocycles. The van der Waals surface area contributed by atoms with E-state index in [0.717, 1.165) is 11.3 Å². The van der Waals surface area contributed by atoms with Crippen molar-refractivity contribution in [3.05, 3.63) is 53.1 Å². The zero-order chi connectivity index (χ0) is 15.7. The number of aromatic nitrogens is 2. The van der Waals surface area contributed by atoms with Crippen molar-refractivity contribution in [3.63, 3.8) is 0 Å². The van der Waals surface area contributed by atoms with Gasteiger partial charge in [0.05, 0.1) is 0 Å². The Morgan fingerprint density at radius 1 is 1.23 bits per heavy atom. The van der Waals surface area contributed by atoms with Crippen LogP contribution in [-0.2, 0) is 4.79 Å². The van der Waals surface area contributed by atoms with Gasteiger partial charge in [-0.15, -0.1) is 4.91 Å². The smallest absolute Gasteiger partial charge is 0.221 e. The second kappa shape index (κ2) is 5.40. The molecule has 0 bridgehead atoms. The van der Waals surface area contributed by atoms with Gasteiger partial charge in [0.15, 0.2) is 0 Å². The first-order valence-corrected chi connectivity index (χ1v) is 6.79. The van der Waals surface area contributed by atoms with Gasteiger partial charge in [0, 0.05) is 23.9 Å². The van der Waals surface area contributed by atoms with Gasteiger partial charge in [0.1, 0.15) is 11.3 Å². The number of hydrogen-bond donors (Lipinski definition) is 1. The number of carbonyl (C=O) groups is 1. The highest BCUT2D eigenvalue weighted by Crippen LogP contribution is 2.32. The predicted octanol–water partition coefficient (Wildman–Crippen LogP) is 3.67. The summed E-state index contributed by atoms with van der Waals surface area (Å²) < 4.78 is 1.72. The number of aryl methyl sites for hydroxylation is 1. The van der Waals surface area contributed by atoms with E-state index >= 15 is 0 Å². The summed E-state index contributed by atoms with van der Waals surface area (Å²) >= 11 is 0. The fourth-order valence-corrected chi connectivity index (χ4v) is 2.46. The van der Waals surface area contributed by atoms with Crippen molar-refractivity contribution in [2.24, 2.45) is 5.18 Å². The molecule has 1 aromatic carbocycles. The van der Waals surface area contributed by atoms with E-state index in [0.29, 0.717) is 17.0 Å². The summed E-state index contributed by atoms with van der Waals surface area (Å²) in [7, 11) is 0. The van der Waals surface area contributed by atoms with Crippen LogP contribution in [0.15, 0.2) is 47.6 Å². The van der Waals surface area contributed by atoms with E-state index in [1.807, 2.05) is 31.2 Å². The van der Waals surface area contributed by atoms with Crippen LogP contribution in [-0.4, -0.2) is 15.3 Å². The van der Waals surface area contributed by atoms with Gasteiger partial charge in [-0.05, 0) is 36.4 Å². The number of amides is 1. The number of nitroso groups, excluding NO2 is 1. The molecule has 0 spiro atoms. The maximum Gasteiger partial charge on any atom is 0.221 e. The molecule has 0 aliphatic heterocycles. The Balaban J connectivity index is 2.20. The van der Waals surface area contributed by atoms with Crippen molar-refractivity contribution in [2.75, 3.05) is 5.32 Å². The molecule has 0 aliphatic rings. The number of carbonyl (C=O) groups excluding carboxylic acids is 1. The van der Waals surface area contributed by atoms with Gasteiger partial charge in [-0.1, -0.05) is 18.2 Å². The summed E-state index contributed by atoms with van der Waals surface area (Å²) in [4.78, 5) is 27.0. The molecule has 0 atom stereocenters. The molecule has 1 N–H and O–H groups in total. The average molecular weight is 294 g/mol. The van der Waals surface area contributed by atoms with Crippen molar-refractivity contribution in [3.8, 4) is 11.3 Å². The first-order chi connectivity index (χ1) is 10.6. The Morgan fingerprint density at radius 2 is 2.00 bits per heavy atom. The Kier molecular flexibility index (Phi) is 3.42. The molecule has 0 aliphatic carbocycles. The standard InChI is InChI=1S/C16H14N4O2/c1-10-5-3-8-14-18-15(16(19-22)20(10)14)12-6-4-7-13(9-12)17-11(2)21/h3-9H,1-2H3,(H,17,21). The molecule has 0 radical (unpaired) electrons. The SMILES string of the molecule is CC(=O)Nc1cccc(-c2nc3cccc(C)n3c2N=O)c1. The zero-order valence-electron chi connectivity index (χ0n) is 12.2. The lowest BCUT2D eigenvalue weighted by molar-refractivity contribution is -0.114. The van der Waals surface area contributed by atoms with E-state index in [-0.39, 0.29) is 11.7 Å². The maximum atomic E-state index is 11.3. The minimum Gasteiger partial charge on any atom is -0.326 e. The molecule has 0 unspecified atom stereocenters. The summed E-state index contributed by atoms with van der Waals surface area (Å²) in [6.07, 6.45) is 0. The van der Waals surface area contributed by atoms with Crippen molar-refractivity contribution in [2.45, 2.75) is 13.8 Å². The molecular weight excluding hydrogens is 280 g/mol. The normalized spacial score (nSPS) is 10.6. The molecule has 1 amide bonds. The maximum absolute atomic E-state index is 11.3. The van der Waals surface area contributed by atoms with Crippen LogP contribution in [0.1, 0.15) is 12.6 Å². The topological polar surface area (TPSA) is 75.8 Å². The molecule has 6 nitrogen and oxygen atoms in total. The fraction of sp³-hybridized carbons (Fsp3) is 0.125. The highest BCUT2D eigenvalue weighted by molar-refractivity contribution is 5.90. The first-order valence-electron chi connectivity index (χ1n) is 6.79. The van der Waals surface area contributed by atoms with E-state index in [2.05, 4.69) is 15.5 Å². The monoisotopic (exact) mass is 294 g/mol. The van der Waals surface area contributed by atoms with Crippen LogP contribution in [0.25, 0.3) is 16.9 Å². The number of benzene rings is 1. The third kappa shape index (κ3) is 2.35. The molecule has 3 aromatic rings. The number of nitrogens with one attached hydrogen (secondary N) is 1. The molecule has 22 heavy (non-hydrogen) atoms. The second-order valence-electron chi connectivity index (χ2n) is 5.00. The average Bonchev–Trinajstić information content (AvgIpc) is 2.87. The van der Waals surface area contributed by atoms with E-state index in [4.69, 9.17) is 0 Å². The number of imidazole rings is 1. The van der Waals surface area contributed by atoms with E-state index < -0.39 is 0 Å². The summed E-state index contributed by atoms with van der Waals surface area (Å²) in [6.45, 7) is 3.33. The molecule has 2 heterocycles. The van der Waals surface area contributed by atoms with E-state index in [1.165, 1.54) is 6.92 Å². The van der Waals surface area contributed by atoms with Crippen LogP contribution in [0.4, 0.5) is 11.5 Å². The van der Waals surface area contributed by atoms with Gasteiger partial charge in [0.25, 0.3) is 0 Å². The Labute approximate surface area is 126 Å². The van der Waals surface area contributed by atoms with Crippen molar-refractivity contribution in [1.29, 1.82) is 0 Å². The summed E-state index contributed by atoms with van der Waals surface area (Å²) in [5, 5.41) is 5.86. The van der Waals surface area contributed by atoms with Crippen molar-refractivity contribution < 1.29 is 4.79 Å². The van der Waals surface area contributed by atoms with Crippen LogP contribution in [0.3, 0.4) is 0 Å². The van der Waals surface area contributed by atoms with Crippen LogP contribution >= 0.6 is 0 Å². The predicted molar refractivity (Wildman–Crippen MR) is 85.1 cm³/mol. The molecule has 2 aromatic heterocycles. The Hall–Kier alpha value is -3.02. The van der Waals surface area contributed by atoms with Gasteiger partial charge >= 0.3 is 0 Å². The minimum atomic E-state index is -0.156. The van der Waals surface area contributed by atoms with Crippen LogP contribution < -0.4 is 5.32 Å². The lowest BCUT2D eigenvalue weighted by Crippen LogP contribution is -2.05. The first kappa shape index (κ1) is 13.9. The number of nitrogens with zero attached hydrogens (tertiary/aromatic N) is 3. The Bertz CT molecular complexity index is 883. The lowest BCUT2D eigenvalue weighted by Gasteiger charge is -2.04. The van der Waals surface area contributed by atoms with Gasteiger partial charge in [0.2, 0.25) is 11.7 Å². The summed E-state index contributed by atoms with van der Waals surface area (Å²) in [6, 6.07) is 12.8. The molecule has 0 fully saturated rings. The summed E-state index contributed by atoms with van der Waals surface area (Å²) in [5.41, 5.74) is 3.41. The minimum absolute atomic E-state index is 0.156. The van der Waals surface area contributed by atoms with Crippen LogP contribution in [0.5, 0.6) is 0 Å². The van der Waals surface area contributed by atoms with Gasteiger partial charge in [-0.2, -0.15) is 0 Å². The van der Waals surface area contributed by atoms with E-state index in [1.54, 1.807) is 22.6 Å². The lowest BCUT2D eigenvalue weighted by atomic mass is 10.1. The van der Waals surface area contributed by atoms with Gasteiger partial charge in [-0.3, -0.25) is 9.20 Å². The quantitative estimate of drug-likeness (QED) is 0.749. The highest BCUT2D eigenvalue weighted by atomic mass is 16.3.